The summed E-state index contributed by atoms with van der Waals surface area (Å²) < 4.78 is 0. The van der Waals surface area contributed by atoms with Crippen LogP contribution in [0.3, 0.4) is 0 Å². The second-order valence-corrected chi connectivity index (χ2v) is 4.88. The Morgan fingerprint density at radius 3 is 2.59 bits per heavy atom. The molecule has 1 saturated carbocycles. The third-order valence-electron chi connectivity index (χ3n) is 3.58. The maximum absolute atomic E-state index is 11.2. The minimum absolute atomic E-state index is 0.0928. The molecule has 1 aliphatic carbocycles. The maximum atomic E-state index is 11.2. The normalized spacial score (nSPS) is 25.7. The van der Waals surface area contributed by atoms with E-state index in [2.05, 4.69) is 0 Å². The first-order valence-corrected chi connectivity index (χ1v) is 6.26. The smallest absolute Gasteiger partial charge is 0.306 e. The van der Waals surface area contributed by atoms with Gasteiger partial charge < -0.3 is 15.9 Å². The van der Waals surface area contributed by atoms with Gasteiger partial charge in [-0.2, -0.15) is 0 Å². The van der Waals surface area contributed by atoms with Gasteiger partial charge in [0.25, 0.3) is 0 Å². The number of rotatable bonds is 7. The fourth-order valence-corrected chi connectivity index (χ4v) is 2.64. The summed E-state index contributed by atoms with van der Waals surface area (Å²) in [5, 5.41) is 26.0. The highest BCUT2D eigenvalue weighted by atomic mass is 16.4. The average molecular weight is 242 g/mol. The Balaban J connectivity index is 2.38. The van der Waals surface area contributed by atoms with Crippen LogP contribution in [0.1, 0.15) is 44.9 Å². The number of aliphatic carboxylic acids is 1. The number of amidine groups is 1. The molecule has 0 bridgehead atoms. The lowest BCUT2D eigenvalue weighted by Gasteiger charge is -2.22. The summed E-state index contributed by atoms with van der Waals surface area (Å²) in [4.78, 5) is 11.2. The molecule has 98 valence electrons. The quantitative estimate of drug-likeness (QED) is 0.307. The minimum Gasteiger partial charge on any atom is -0.481 e. The van der Waals surface area contributed by atoms with Gasteiger partial charge in [-0.3, -0.25) is 10.2 Å². The average Bonchev–Trinajstić information content (AvgIpc) is 2.63. The number of unbranched alkanes of at least 4 members (excludes halogenated alkanes) is 1. The zero-order chi connectivity index (χ0) is 12.8. The van der Waals surface area contributed by atoms with Gasteiger partial charge in [-0.1, -0.05) is 12.8 Å². The van der Waals surface area contributed by atoms with Crippen molar-refractivity contribution in [1.29, 1.82) is 5.41 Å². The molecule has 3 atom stereocenters. The van der Waals surface area contributed by atoms with E-state index in [9.17, 15) is 15.0 Å². The number of nitrogens with one attached hydrogen (secondary N) is 1. The largest absolute Gasteiger partial charge is 0.481 e. The van der Waals surface area contributed by atoms with Gasteiger partial charge in [-0.05, 0) is 31.6 Å². The first-order chi connectivity index (χ1) is 8.02. The van der Waals surface area contributed by atoms with Crippen molar-refractivity contribution >= 4 is 11.8 Å². The van der Waals surface area contributed by atoms with Gasteiger partial charge in [-0.15, -0.1) is 0 Å². The number of carboxylic acids is 1. The molecule has 17 heavy (non-hydrogen) atoms. The Morgan fingerprint density at radius 2 is 2.12 bits per heavy atom. The molecular formula is C12H22N2O3. The molecule has 0 unspecified atom stereocenters. The predicted octanol–water partition coefficient (Wildman–Crippen LogP) is 1.34. The molecule has 5 heteroatoms. The van der Waals surface area contributed by atoms with E-state index in [1.807, 2.05) is 0 Å². The molecule has 0 amide bonds. The molecule has 0 spiro atoms. The summed E-state index contributed by atoms with van der Waals surface area (Å²) in [6, 6.07) is 0. The number of nitrogens with two attached hydrogens (primary N) is 1. The van der Waals surface area contributed by atoms with E-state index < -0.39 is 18.0 Å². The molecule has 0 radical (unpaired) electrons. The second kappa shape index (κ2) is 6.59. The van der Waals surface area contributed by atoms with E-state index in [-0.39, 0.29) is 11.8 Å². The molecule has 1 rings (SSSR count). The standard InChI is InChI=1S/C12H22N2O3/c13-11(14)7-2-1-4-9(12(16)17)8-5-3-6-10(8)15/h8-10,15H,1-7H2,(H3,13,14)(H,16,17)/t8-,9+,10+/m1/s1. The van der Waals surface area contributed by atoms with Crippen LogP contribution in [0.4, 0.5) is 0 Å². The van der Waals surface area contributed by atoms with Crippen molar-refractivity contribution in [3.05, 3.63) is 0 Å². The Bertz CT molecular complexity index is 281. The lowest BCUT2D eigenvalue weighted by atomic mass is 9.85. The van der Waals surface area contributed by atoms with Gasteiger partial charge in [0.2, 0.25) is 0 Å². The highest BCUT2D eigenvalue weighted by molar-refractivity contribution is 5.76. The first kappa shape index (κ1) is 14.0. The number of hydrogen-bond acceptors (Lipinski definition) is 3. The van der Waals surface area contributed by atoms with Crippen LogP contribution in [0.25, 0.3) is 0 Å². The number of carbonyl (C=O) groups is 1. The van der Waals surface area contributed by atoms with E-state index >= 15 is 0 Å². The molecule has 5 nitrogen and oxygen atoms in total. The molecule has 1 fully saturated rings. The van der Waals surface area contributed by atoms with Crippen molar-refractivity contribution in [3.8, 4) is 0 Å². The number of aliphatic hydroxyl groups excluding tert-OH is 1. The molecule has 1 aliphatic rings. The van der Waals surface area contributed by atoms with E-state index in [0.717, 1.165) is 32.1 Å². The molecule has 0 saturated heterocycles. The van der Waals surface area contributed by atoms with E-state index in [1.54, 1.807) is 0 Å². The number of hydrogen-bond donors (Lipinski definition) is 4. The van der Waals surface area contributed by atoms with Gasteiger partial charge in [0.1, 0.15) is 0 Å². The predicted molar refractivity (Wildman–Crippen MR) is 64.9 cm³/mol. The Kier molecular flexibility index (Phi) is 5.41. The third-order valence-corrected chi connectivity index (χ3v) is 3.58. The topological polar surface area (TPSA) is 107 Å². The summed E-state index contributed by atoms with van der Waals surface area (Å²) in [7, 11) is 0. The molecule has 0 aromatic carbocycles. The lowest BCUT2D eigenvalue weighted by Crippen LogP contribution is -2.29. The highest BCUT2D eigenvalue weighted by Gasteiger charge is 2.36. The summed E-state index contributed by atoms with van der Waals surface area (Å²) in [6.45, 7) is 0. The van der Waals surface area contributed by atoms with E-state index in [1.165, 1.54) is 0 Å². The Morgan fingerprint density at radius 1 is 1.41 bits per heavy atom. The highest BCUT2D eigenvalue weighted by Crippen LogP contribution is 2.34. The monoisotopic (exact) mass is 242 g/mol. The van der Waals surface area contributed by atoms with Crippen molar-refractivity contribution in [2.75, 3.05) is 0 Å². The second-order valence-electron chi connectivity index (χ2n) is 4.88. The van der Waals surface area contributed by atoms with Crippen molar-refractivity contribution in [3.63, 3.8) is 0 Å². The number of aliphatic hydroxyl groups is 1. The molecule has 0 heterocycles. The molecular weight excluding hydrogens is 220 g/mol. The van der Waals surface area contributed by atoms with E-state index in [0.29, 0.717) is 12.8 Å². The first-order valence-electron chi connectivity index (χ1n) is 6.26. The molecule has 5 N–H and O–H groups in total. The van der Waals surface area contributed by atoms with Crippen LogP contribution in [0.5, 0.6) is 0 Å². The van der Waals surface area contributed by atoms with Crippen molar-refractivity contribution in [2.45, 2.75) is 51.0 Å². The lowest BCUT2D eigenvalue weighted by molar-refractivity contribution is -0.145. The van der Waals surface area contributed by atoms with Crippen LogP contribution in [-0.4, -0.2) is 28.1 Å². The fourth-order valence-electron chi connectivity index (χ4n) is 2.64. The molecule has 0 aliphatic heterocycles. The van der Waals surface area contributed by atoms with Gasteiger partial charge in [0.15, 0.2) is 0 Å². The fraction of sp³-hybridized carbons (Fsp3) is 0.833. The maximum Gasteiger partial charge on any atom is 0.306 e. The van der Waals surface area contributed by atoms with Crippen molar-refractivity contribution in [2.24, 2.45) is 17.6 Å². The zero-order valence-electron chi connectivity index (χ0n) is 10.1. The summed E-state index contributed by atoms with van der Waals surface area (Å²) in [6.07, 6.45) is 4.60. The third kappa shape index (κ3) is 4.34. The zero-order valence-corrected chi connectivity index (χ0v) is 10.1. The Hall–Kier alpha value is -1.10. The summed E-state index contributed by atoms with van der Waals surface area (Å²) in [5.41, 5.74) is 5.24. The van der Waals surface area contributed by atoms with Gasteiger partial charge in [-0.25, -0.2) is 0 Å². The number of carboxylic acid groups (broad SMARTS) is 1. The van der Waals surface area contributed by atoms with Crippen LogP contribution >= 0.6 is 0 Å². The molecule has 0 aromatic rings. The van der Waals surface area contributed by atoms with Crippen molar-refractivity contribution < 1.29 is 15.0 Å². The van der Waals surface area contributed by atoms with Gasteiger partial charge in [0, 0.05) is 6.42 Å². The van der Waals surface area contributed by atoms with Crippen LogP contribution in [0.15, 0.2) is 0 Å². The van der Waals surface area contributed by atoms with Crippen LogP contribution in [-0.2, 0) is 4.79 Å². The Labute approximate surface area is 102 Å². The van der Waals surface area contributed by atoms with Crippen LogP contribution < -0.4 is 5.73 Å². The van der Waals surface area contributed by atoms with E-state index in [4.69, 9.17) is 11.1 Å². The SMILES string of the molecule is N=C(N)CCCC[C@H](C(=O)O)[C@H]1CCC[C@@H]1O. The van der Waals surface area contributed by atoms with Gasteiger partial charge >= 0.3 is 5.97 Å². The van der Waals surface area contributed by atoms with Crippen LogP contribution in [0, 0.1) is 17.2 Å². The summed E-state index contributed by atoms with van der Waals surface area (Å²) >= 11 is 0. The van der Waals surface area contributed by atoms with Crippen molar-refractivity contribution in [1.82, 2.24) is 0 Å². The van der Waals surface area contributed by atoms with Gasteiger partial charge in [0.05, 0.1) is 17.9 Å². The molecule has 0 aromatic heterocycles. The summed E-state index contributed by atoms with van der Waals surface area (Å²) in [5.74, 6) is -1.19. The van der Waals surface area contributed by atoms with Crippen LogP contribution in [0.2, 0.25) is 0 Å². The minimum atomic E-state index is -0.807.